The van der Waals surface area contributed by atoms with E-state index in [1.54, 1.807) is 19.4 Å². The topological polar surface area (TPSA) is 54.2 Å². The van der Waals surface area contributed by atoms with Crippen LogP contribution in [0.25, 0.3) is 5.65 Å². The smallest absolute Gasteiger partial charge is 0.180 e. The van der Waals surface area contributed by atoms with Gasteiger partial charge in [-0.3, -0.25) is 0 Å². The monoisotopic (exact) mass is 289 g/mol. The number of fused-ring (bicyclic) bond motifs is 1. The van der Waals surface area contributed by atoms with Crippen LogP contribution in [0.3, 0.4) is 0 Å². The number of hydrogen-bond acceptors (Lipinski definition) is 4. The van der Waals surface area contributed by atoms with Crippen molar-refractivity contribution in [2.45, 2.75) is 6.54 Å². The van der Waals surface area contributed by atoms with Gasteiger partial charge >= 0.3 is 0 Å². The van der Waals surface area contributed by atoms with Crippen molar-refractivity contribution >= 4 is 17.3 Å². The summed E-state index contributed by atoms with van der Waals surface area (Å²) in [6.45, 7) is 0.319. The maximum Gasteiger partial charge on any atom is 0.180 e. The number of imidazole rings is 1. The Balaban J connectivity index is 1.87. The number of nitrogens with zero attached hydrogens (tertiary/aromatic N) is 3. The highest BCUT2D eigenvalue weighted by atomic mass is 19.2. The third-order valence-electron chi connectivity index (χ3n) is 3.07. The van der Waals surface area contributed by atoms with Gasteiger partial charge in [0.05, 0.1) is 6.20 Å². The first-order valence-electron chi connectivity index (χ1n) is 6.36. The summed E-state index contributed by atoms with van der Waals surface area (Å²) in [6.07, 6.45) is 5.28. The van der Waals surface area contributed by atoms with Crippen molar-refractivity contribution in [3.63, 3.8) is 0 Å². The van der Waals surface area contributed by atoms with Crippen molar-refractivity contribution in [3.8, 4) is 0 Å². The molecule has 2 N–H and O–H groups in total. The maximum absolute atomic E-state index is 13.2. The van der Waals surface area contributed by atoms with Crippen LogP contribution in [-0.4, -0.2) is 21.4 Å². The number of anilines is 2. The standard InChI is InChI=1S/C14H13F2N5/c1-17-12-8-21-5-4-18-14(21)13(20-12)19-7-9-2-3-10(15)11(16)6-9/h2-6,8,17H,7H2,1H3,(H,19,20). The minimum Gasteiger partial charge on any atom is -0.372 e. The van der Waals surface area contributed by atoms with E-state index < -0.39 is 11.6 Å². The number of aromatic nitrogens is 3. The fraction of sp³-hybridized carbons (Fsp3) is 0.143. The molecule has 0 aliphatic rings. The van der Waals surface area contributed by atoms with Crippen LogP contribution in [0.1, 0.15) is 5.56 Å². The van der Waals surface area contributed by atoms with Gasteiger partial charge in [-0.15, -0.1) is 0 Å². The van der Waals surface area contributed by atoms with Crippen molar-refractivity contribution in [2.75, 3.05) is 17.7 Å². The normalized spacial score (nSPS) is 10.8. The van der Waals surface area contributed by atoms with E-state index >= 15 is 0 Å². The molecule has 0 spiro atoms. The van der Waals surface area contributed by atoms with Gasteiger partial charge in [0.1, 0.15) is 5.82 Å². The van der Waals surface area contributed by atoms with Crippen LogP contribution in [0.2, 0.25) is 0 Å². The lowest BCUT2D eigenvalue weighted by molar-refractivity contribution is 0.507. The Labute approximate surface area is 119 Å². The van der Waals surface area contributed by atoms with E-state index in [9.17, 15) is 8.78 Å². The summed E-state index contributed by atoms with van der Waals surface area (Å²) in [5.74, 6) is -0.480. The average Bonchev–Trinajstić information content (AvgIpc) is 2.96. The van der Waals surface area contributed by atoms with Crippen molar-refractivity contribution in [1.82, 2.24) is 14.4 Å². The van der Waals surface area contributed by atoms with Gasteiger partial charge in [0.25, 0.3) is 0 Å². The molecule has 5 nitrogen and oxygen atoms in total. The van der Waals surface area contributed by atoms with E-state index in [1.165, 1.54) is 6.07 Å². The van der Waals surface area contributed by atoms with Crippen molar-refractivity contribution in [2.24, 2.45) is 0 Å². The van der Waals surface area contributed by atoms with E-state index in [1.807, 2.05) is 10.6 Å². The molecule has 7 heteroatoms. The predicted octanol–water partition coefficient (Wildman–Crippen LogP) is 2.66. The zero-order chi connectivity index (χ0) is 14.8. The van der Waals surface area contributed by atoms with Crippen LogP contribution in [-0.2, 0) is 6.54 Å². The Morgan fingerprint density at radius 2 is 2.10 bits per heavy atom. The first kappa shape index (κ1) is 13.3. The molecule has 3 rings (SSSR count). The molecule has 0 aliphatic heterocycles. The first-order valence-corrected chi connectivity index (χ1v) is 6.36. The van der Waals surface area contributed by atoms with Crippen LogP contribution in [0, 0.1) is 11.6 Å². The quantitative estimate of drug-likeness (QED) is 0.775. The van der Waals surface area contributed by atoms with E-state index in [2.05, 4.69) is 20.6 Å². The van der Waals surface area contributed by atoms with Gasteiger partial charge in [-0.1, -0.05) is 6.07 Å². The summed E-state index contributed by atoms with van der Waals surface area (Å²) in [4.78, 5) is 8.59. The number of rotatable bonds is 4. The van der Waals surface area contributed by atoms with E-state index in [-0.39, 0.29) is 0 Å². The van der Waals surface area contributed by atoms with E-state index in [0.717, 1.165) is 12.1 Å². The zero-order valence-corrected chi connectivity index (χ0v) is 11.3. The van der Waals surface area contributed by atoms with Crippen molar-refractivity contribution < 1.29 is 8.78 Å². The maximum atomic E-state index is 13.2. The molecule has 0 saturated carbocycles. The Kier molecular flexibility index (Phi) is 3.39. The number of hydrogen-bond donors (Lipinski definition) is 2. The minimum absolute atomic E-state index is 0.319. The van der Waals surface area contributed by atoms with Gasteiger partial charge in [-0.05, 0) is 17.7 Å². The van der Waals surface area contributed by atoms with Crippen LogP contribution in [0.15, 0.2) is 36.8 Å². The fourth-order valence-electron chi connectivity index (χ4n) is 2.01. The average molecular weight is 289 g/mol. The summed E-state index contributed by atoms with van der Waals surface area (Å²) in [5, 5.41) is 6.04. The number of halogens is 2. The third kappa shape index (κ3) is 2.62. The van der Waals surface area contributed by atoms with Gasteiger partial charge in [0.15, 0.2) is 23.1 Å². The number of nitrogens with one attached hydrogen (secondary N) is 2. The summed E-state index contributed by atoms with van der Waals surface area (Å²) in [6, 6.07) is 3.79. The molecule has 1 aromatic carbocycles. The molecule has 2 aromatic heterocycles. The third-order valence-corrected chi connectivity index (χ3v) is 3.07. The Morgan fingerprint density at radius 1 is 1.24 bits per heavy atom. The van der Waals surface area contributed by atoms with Gasteiger partial charge in [0, 0.05) is 26.0 Å². The van der Waals surface area contributed by atoms with Crippen LogP contribution in [0.5, 0.6) is 0 Å². The summed E-state index contributed by atoms with van der Waals surface area (Å²) < 4.78 is 27.9. The largest absolute Gasteiger partial charge is 0.372 e. The molecule has 0 atom stereocenters. The van der Waals surface area contributed by atoms with Gasteiger partial charge < -0.3 is 15.0 Å². The molecule has 3 aromatic rings. The molecular weight excluding hydrogens is 276 g/mol. The van der Waals surface area contributed by atoms with Crippen LogP contribution < -0.4 is 10.6 Å². The molecule has 0 amide bonds. The lowest BCUT2D eigenvalue weighted by Gasteiger charge is -2.09. The molecule has 0 radical (unpaired) electrons. The number of benzene rings is 1. The highest BCUT2D eigenvalue weighted by Crippen LogP contribution is 2.17. The summed E-state index contributed by atoms with van der Waals surface area (Å²) in [5.41, 5.74) is 1.28. The minimum atomic E-state index is -0.864. The SMILES string of the molecule is CNc1cn2ccnc2c(NCc2ccc(F)c(F)c2)n1. The molecule has 21 heavy (non-hydrogen) atoms. The van der Waals surface area contributed by atoms with Gasteiger partial charge in [-0.2, -0.15) is 0 Å². The van der Waals surface area contributed by atoms with Gasteiger partial charge in [0.2, 0.25) is 0 Å². The molecule has 108 valence electrons. The Morgan fingerprint density at radius 3 is 2.86 bits per heavy atom. The molecule has 0 unspecified atom stereocenters. The molecule has 0 aliphatic carbocycles. The Bertz CT molecular complexity index is 784. The fourth-order valence-corrected chi connectivity index (χ4v) is 2.01. The van der Waals surface area contributed by atoms with Crippen molar-refractivity contribution in [1.29, 1.82) is 0 Å². The van der Waals surface area contributed by atoms with Crippen LogP contribution in [0.4, 0.5) is 20.4 Å². The summed E-state index contributed by atoms with van der Waals surface area (Å²) in [7, 11) is 1.77. The highest BCUT2D eigenvalue weighted by molar-refractivity contribution is 5.65. The summed E-state index contributed by atoms with van der Waals surface area (Å²) >= 11 is 0. The predicted molar refractivity (Wildman–Crippen MR) is 76.2 cm³/mol. The lowest BCUT2D eigenvalue weighted by Crippen LogP contribution is -2.06. The lowest BCUT2D eigenvalue weighted by atomic mass is 10.2. The zero-order valence-electron chi connectivity index (χ0n) is 11.3. The molecule has 0 bridgehead atoms. The van der Waals surface area contributed by atoms with E-state index in [0.29, 0.717) is 29.4 Å². The molecule has 0 saturated heterocycles. The molecule has 2 heterocycles. The first-order chi connectivity index (χ1) is 10.2. The molecule has 0 fully saturated rings. The second kappa shape index (κ2) is 5.35. The van der Waals surface area contributed by atoms with Gasteiger partial charge in [-0.25, -0.2) is 18.7 Å². The van der Waals surface area contributed by atoms with Crippen LogP contribution >= 0.6 is 0 Å². The highest BCUT2D eigenvalue weighted by Gasteiger charge is 2.08. The van der Waals surface area contributed by atoms with Crippen molar-refractivity contribution in [3.05, 3.63) is 54.0 Å². The second-order valence-corrected chi connectivity index (χ2v) is 4.48. The second-order valence-electron chi connectivity index (χ2n) is 4.48. The van der Waals surface area contributed by atoms with E-state index in [4.69, 9.17) is 0 Å². The molecular formula is C14H13F2N5. The Hall–Kier alpha value is -2.70.